The molecule has 0 bridgehead atoms. The van der Waals surface area contributed by atoms with Gasteiger partial charge in [0, 0.05) is 44.1 Å². The maximum absolute atomic E-state index is 9.40. The van der Waals surface area contributed by atoms with Gasteiger partial charge >= 0.3 is 0 Å². The fourth-order valence-electron chi connectivity index (χ4n) is 2.65. The lowest BCUT2D eigenvalue weighted by Gasteiger charge is -2.28. The number of fused-ring (bicyclic) bond motifs is 1. The number of nitrogens with one attached hydrogen (secondary N) is 1. The Morgan fingerprint density at radius 1 is 1.67 bits per heavy atom. The first-order chi connectivity index (χ1) is 8.76. The van der Waals surface area contributed by atoms with Gasteiger partial charge in [0.05, 0.1) is 12.8 Å². The van der Waals surface area contributed by atoms with Gasteiger partial charge in [0.2, 0.25) is 0 Å². The van der Waals surface area contributed by atoms with Gasteiger partial charge in [-0.25, -0.2) is 0 Å². The van der Waals surface area contributed by atoms with Crippen molar-refractivity contribution in [2.45, 2.75) is 37.8 Å². The van der Waals surface area contributed by atoms with Crippen LogP contribution in [-0.2, 0) is 18.2 Å². The zero-order chi connectivity index (χ0) is 13.0. The van der Waals surface area contributed by atoms with Gasteiger partial charge in [-0.15, -0.1) is 0 Å². The standard InChI is InChI=1S/C13H23N3O2/c1-16-13-5-3-4-12(11(13)8-14-16)15-10(9-17)6-7-18-2/h8,10,12,15,17H,3-7,9H2,1-2H3. The predicted octanol–water partition coefficient (Wildman–Crippen LogP) is 0.784. The van der Waals surface area contributed by atoms with E-state index in [0.717, 1.165) is 19.3 Å². The van der Waals surface area contributed by atoms with Gasteiger partial charge in [0.15, 0.2) is 0 Å². The highest BCUT2D eigenvalue weighted by molar-refractivity contribution is 5.24. The molecule has 0 saturated heterocycles. The lowest BCUT2D eigenvalue weighted by molar-refractivity contribution is 0.153. The van der Waals surface area contributed by atoms with Crippen LogP contribution in [0.25, 0.3) is 0 Å². The van der Waals surface area contributed by atoms with E-state index in [4.69, 9.17) is 4.74 Å². The van der Waals surface area contributed by atoms with E-state index in [1.165, 1.54) is 17.7 Å². The average molecular weight is 253 g/mol. The minimum Gasteiger partial charge on any atom is -0.395 e. The predicted molar refractivity (Wildman–Crippen MR) is 69.4 cm³/mol. The highest BCUT2D eigenvalue weighted by Gasteiger charge is 2.25. The number of ether oxygens (including phenoxy) is 1. The minimum absolute atomic E-state index is 0.0982. The third-order valence-electron chi connectivity index (χ3n) is 3.70. The molecule has 1 aromatic heterocycles. The number of rotatable bonds is 6. The number of aromatic nitrogens is 2. The molecule has 0 aromatic carbocycles. The van der Waals surface area contributed by atoms with Gasteiger partial charge in [-0.3, -0.25) is 4.68 Å². The molecule has 5 heteroatoms. The van der Waals surface area contributed by atoms with Gasteiger partial charge in [-0.05, 0) is 25.7 Å². The summed E-state index contributed by atoms with van der Waals surface area (Å²) in [5.74, 6) is 0. The second kappa shape index (κ2) is 6.31. The van der Waals surface area contributed by atoms with Crippen LogP contribution >= 0.6 is 0 Å². The second-order valence-electron chi connectivity index (χ2n) is 4.94. The number of aliphatic hydroxyl groups is 1. The normalized spacial score (nSPS) is 20.7. The van der Waals surface area contributed by atoms with Gasteiger partial charge < -0.3 is 15.2 Å². The van der Waals surface area contributed by atoms with Gasteiger partial charge in [0.25, 0.3) is 0 Å². The van der Waals surface area contributed by atoms with Crippen LogP contribution in [0.3, 0.4) is 0 Å². The van der Waals surface area contributed by atoms with Crippen LogP contribution in [-0.4, -0.2) is 41.3 Å². The number of hydrogen-bond donors (Lipinski definition) is 2. The Morgan fingerprint density at radius 2 is 2.50 bits per heavy atom. The third-order valence-corrected chi connectivity index (χ3v) is 3.70. The van der Waals surface area contributed by atoms with Crippen LogP contribution in [0, 0.1) is 0 Å². The Bertz CT molecular complexity index is 378. The molecular weight excluding hydrogens is 230 g/mol. The largest absolute Gasteiger partial charge is 0.395 e. The van der Waals surface area contributed by atoms with Gasteiger partial charge in [0.1, 0.15) is 0 Å². The zero-order valence-electron chi connectivity index (χ0n) is 11.2. The quantitative estimate of drug-likeness (QED) is 0.787. The van der Waals surface area contributed by atoms with Crippen molar-refractivity contribution in [3.05, 3.63) is 17.5 Å². The fourth-order valence-corrected chi connectivity index (χ4v) is 2.65. The molecule has 0 spiro atoms. The molecule has 1 heterocycles. The maximum Gasteiger partial charge on any atom is 0.0585 e. The molecule has 2 unspecified atom stereocenters. The van der Waals surface area contributed by atoms with E-state index in [2.05, 4.69) is 10.4 Å². The molecule has 2 rings (SSSR count). The topological polar surface area (TPSA) is 59.3 Å². The Labute approximate surface area is 108 Å². The summed E-state index contributed by atoms with van der Waals surface area (Å²) in [5, 5.41) is 17.3. The van der Waals surface area contributed by atoms with Crippen LogP contribution in [0.1, 0.15) is 36.6 Å². The van der Waals surface area contributed by atoms with Crippen LogP contribution in [0.2, 0.25) is 0 Å². The smallest absolute Gasteiger partial charge is 0.0585 e. The third kappa shape index (κ3) is 2.91. The molecular formula is C13H23N3O2. The van der Waals surface area contributed by atoms with Crippen molar-refractivity contribution in [3.8, 4) is 0 Å². The fraction of sp³-hybridized carbons (Fsp3) is 0.769. The van der Waals surface area contributed by atoms with Crippen LogP contribution in [0.5, 0.6) is 0 Å². The molecule has 1 aliphatic carbocycles. The summed E-state index contributed by atoms with van der Waals surface area (Å²) in [7, 11) is 3.68. The van der Waals surface area contributed by atoms with Crippen LogP contribution in [0.4, 0.5) is 0 Å². The molecule has 1 aliphatic rings. The first-order valence-corrected chi connectivity index (χ1v) is 6.63. The number of nitrogens with zero attached hydrogens (tertiary/aromatic N) is 2. The minimum atomic E-state index is 0.0982. The average Bonchev–Trinajstić information content (AvgIpc) is 2.77. The SMILES string of the molecule is COCCC(CO)NC1CCCc2c1cnn2C. The van der Waals surface area contributed by atoms with E-state index in [1.54, 1.807) is 7.11 Å². The maximum atomic E-state index is 9.40. The van der Waals surface area contributed by atoms with E-state index in [0.29, 0.717) is 12.6 Å². The van der Waals surface area contributed by atoms with Crippen molar-refractivity contribution in [2.75, 3.05) is 20.3 Å². The van der Waals surface area contributed by atoms with E-state index >= 15 is 0 Å². The van der Waals surface area contributed by atoms with E-state index in [1.807, 2.05) is 17.9 Å². The Hall–Kier alpha value is -0.910. The summed E-state index contributed by atoms with van der Waals surface area (Å²) in [4.78, 5) is 0. The molecule has 0 aliphatic heterocycles. The summed E-state index contributed by atoms with van der Waals surface area (Å²) in [6.07, 6.45) is 6.18. The molecule has 0 fully saturated rings. The molecule has 2 N–H and O–H groups in total. The molecule has 0 amide bonds. The Balaban J connectivity index is 2.01. The first-order valence-electron chi connectivity index (χ1n) is 6.63. The van der Waals surface area contributed by atoms with Crippen molar-refractivity contribution < 1.29 is 9.84 Å². The van der Waals surface area contributed by atoms with Crippen molar-refractivity contribution in [2.24, 2.45) is 7.05 Å². The summed E-state index contributed by atoms with van der Waals surface area (Å²) < 4.78 is 7.03. The Morgan fingerprint density at radius 3 is 3.22 bits per heavy atom. The summed E-state index contributed by atoms with van der Waals surface area (Å²) in [6.45, 7) is 0.820. The number of hydrogen-bond acceptors (Lipinski definition) is 4. The monoisotopic (exact) mass is 253 g/mol. The van der Waals surface area contributed by atoms with Crippen LogP contribution in [0.15, 0.2) is 6.20 Å². The molecule has 102 valence electrons. The van der Waals surface area contributed by atoms with E-state index in [9.17, 15) is 5.11 Å². The van der Waals surface area contributed by atoms with Crippen molar-refractivity contribution >= 4 is 0 Å². The van der Waals surface area contributed by atoms with E-state index < -0.39 is 0 Å². The lowest BCUT2D eigenvalue weighted by Crippen LogP contribution is -2.37. The second-order valence-corrected chi connectivity index (χ2v) is 4.94. The molecule has 2 atom stereocenters. The molecule has 0 radical (unpaired) electrons. The summed E-state index contributed by atoms with van der Waals surface area (Å²) in [5.41, 5.74) is 2.61. The summed E-state index contributed by atoms with van der Waals surface area (Å²) >= 11 is 0. The zero-order valence-corrected chi connectivity index (χ0v) is 11.2. The van der Waals surface area contributed by atoms with Gasteiger partial charge in [-0.1, -0.05) is 0 Å². The van der Waals surface area contributed by atoms with Crippen molar-refractivity contribution in [3.63, 3.8) is 0 Å². The van der Waals surface area contributed by atoms with Gasteiger partial charge in [-0.2, -0.15) is 5.10 Å². The number of aryl methyl sites for hydroxylation is 1. The first kappa shape index (κ1) is 13.5. The van der Waals surface area contributed by atoms with Crippen LogP contribution < -0.4 is 5.32 Å². The molecule has 1 aromatic rings. The summed E-state index contributed by atoms with van der Waals surface area (Å²) in [6, 6.07) is 0.414. The Kier molecular flexibility index (Phi) is 4.74. The van der Waals surface area contributed by atoms with Crippen molar-refractivity contribution in [1.29, 1.82) is 0 Å². The number of methoxy groups -OCH3 is 1. The highest BCUT2D eigenvalue weighted by atomic mass is 16.5. The molecule has 18 heavy (non-hydrogen) atoms. The van der Waals surface area contributed by atoms with E-state index in [-0.39, 0.29) is 12.6 Å². The molecule has 0 saturated carbocycles. The lowest BCUT2D eigenvalue weighted by atomic mass is 9.92. The number of aliphatic hydroxyl groups excluding tert-OH is 1. The molecule has 5 nitrogen and oxygen atoms in total. The highest BCUT2D eigenvalue weighted by Crippen LogP contribution is 2.29. The van der Waals surface area contributed by atoms with Crippen molar-refractivity contribution in [1.82, 2.24) is 15.1 Å².